The van der Waals surface area contributed by atoms with E-state index in [1.807, 2.05) is 12.4 Å². The lowest BCUT2D eigenvalue weighted by Crippen LogP contribution is -2.29. The zero-order valence-corrected chi connectivity index (χ0v) is 10.8. The second kappa shape index (κ2) is 6.92. The minimum Gasteiger partial charge on any atom is -0.314 e. The second-order valence-electron chi connectivity index (χ2n) is 4.65. The van der Waals surface area contributed by atoms with Gasteiger partial charge in [-0.15, -0.1) is 0 Å². The minimum absolute atomic E-state index is 0.509. The maximum absolute atomic E-state index is 4.02. The zero-order valence-electron chi connectivity index (χ0n) is 10.8. The van der Waals surface area contributed by atoms with Crippen molar-refractivity contribution < 1.29 is 0 Å². The molecule has 1 aromatic carbocycles. The molecule has 0 aliphatic carbocycles. The fourth-order valence-corrected chi connectivity index (χ4v) is 2.05. The highest BCUT2D eigenvalue weighted by Crippen LogP contribution is 2.03. The summed E-state index contributed by atoms with van der Waals surface area (Å²) in [5, 5.41) is 3.56. The van der Waals surface area contributed by atoms with E-state index in [0.717, 1.165) is 19.4 Å². The molecular weight excluding hydrogens is 220 g/mol. The largest absolute Gasteiger partial charge is 0.314 e. The van der Waals surface area contributed by atoms with Crippen LogP contribution in [0.1, 0.15) is 18.1 Å². The molecule has 0 bridgehead atoms. The van der Waals surface area contributed by atoms with Gasteiger partial charge < -0.3 is 5.32 Å². The summed E-state index contributed by atoms with van der Waals surface area (Å²) in [7, 11) is 0. The number of nitrogens with zero attached hydrogens (tertiary/aromatic N) is 1. The molecule has 2 rings (SSSR count). The highest BCUT2D eigenvalue weighted by atomic mass is 14.9. The SMILES string of the molecule is CC(Cc1ccccc1)NCCc1ccncc1. The molecule has 0 spiro atoms. The first-order valence-electron chi connectivity index (χ1n) is 6.51. The van der Waals surface area contributed by atoms with Crippen molar-refractivity contribution in [2.75, 3.05) is 6.54 Å². The van der Waals surface area contributed by atoms with Gasteiger partial charge in [0, 0.05) is 18.4 Å². The quantitative estimate of drug-likeness (QED) is 0.840. The van der Waals surface area contributed by atoms with E-state index in [1.54, 1.807) is 0 Å². The molecule has 0 saturated carbocycles. The molecule has 2 aromatic rings. The first-order chi connectivity index (χ1) is 8.84. The van der Waals surface area contributed by atoms with Crippen LogP contribution in [-0.4, -0.2) is 17.6 Å². The maximum Gasteiger partial charge on any atom is 0.0270 e. The average molecular weight is 240 g/mol. The number of benzene rings is 1. The molecule has 0 aliphatic heterocycles. The van der Waals surface area contributed by atoms with Gasteiger partial charge in [-0.2, -0.15) is 0 Å². The molecule has 1 atom stereocenters. The van der Waals surface area contributed by atoms with Gasteiger partial charge in [-0.3, -0.25) is 4.98 Å². The summed E-state index contributed by atoms with van der Waals surface area (Å²) in [6.07, 6.45) is 5.84. The van der Waals surface area contributed by atoms with Crippen molar-refractivity contribution in [2.45, 2.75) is 25.8 Å². The van der Waals surface area contributed by atoms with Crippen molar-refractivity contribution in [3.63, 3.8) is 0 Å². The van der Waals surface area contributed by atoms with Gasteiger partial charge in [-0.1, -0.05) is 30.3 Å². The van der Waals surface area contributed by atoms with Gasteiger partial charge >= 0.3 is 0 Å². The minimum atomic E-state index is 0.509. The third kappa shape index (κ3) is 4.30. The molecule has 1 aromatic heterocycles. The Labute approximate surface area is 109 Å². The van der Waals surface area contributed by atoms with Crippen molar-refractivity contribution in [2.24, 2.45) is 0 Å². The van der Waals surface area contributed by atoms with Gasteiger partial charge in [-0.05, 0) is 49.6 Å². The average Bonchev–Trinajstić information content (AvgIpc) is 2.41. The van der Waals surface area contributed by atoms with Crippen LogP contribution >= 0.6 is 0 Å². The summed E-state index contributed by atoms with van der Waals surface area (Å²) >= 11 is 0. The van der Waals surface area contributed by atoms with Gasteiger partial charge in [0.25, 0.3) is 0 Å². The summed E-state index contributed by atoms with van der Waals surface area (Å²) in [6.45, 7) is 3.25. The Morgan fingerprint density at radius 2 is 1.72 bits per heavy atom. The predicted octanol–water partition coefficient (Wildman–Crippen LogP) is 2.84. The molecule has 0 saturated heterocycles. The molecule has 0 aliphatic rings. The molecular formula is C16H20N2. The van der Waals surface area contributed by atoms with Crippen LogP contribution in [0.5, 0.6) is 0 Å². The number of rotatable bonds is 6. The lowest BCUT2D eigenvalue weighted by Gasteiger charge is -2.13. The molecule has 2 heteroatoms. The van der Waals surface area contributed by atoms with Crippen molar-refractivity contribution in [1.82, 2.24) is 10.3 Å². The Balaban J connectivity index is 1.71. The monoisotopic (exact) mass is 240 g/mol. The summed E-state index contributed by atoms with van der Waals surface area (Å²) in [5.74, 6) is 0. The third-order valence-electron chi connectivity index (χ3n) is 3.04. The van der Waals surface area contributed by atoms with E-state index < -0.39 is 0 Å². The Morgan fingerprint density at radius 1 is 1.00 bits per heavy atom. The standard InChI is InChI=1S/C16H20N2/c1-14(13-16-5-3-2-4-6-16)18-12-9-15-7-10-17-11-8-15/h2-8,10-11,14,18H,9,12-13H2,1H3. The number of aromatic nitrogens is 1. The topological polar surface area (TPSA) is 24.9 Å². The van der Waals surface area contributed by atoms with E-state index in [-0.39, 0.29) is 0 Å². The van der Waals surface area contributed by atoms with Crippen LogP contribution in [0, 0.1) is 0 Å². The Hall–Kier alpha value is -1.67. The fraction of sp³-hybridized carbons (Fsp3) is 0.312. The van der Waals surface area contributed by atoms with Gasteiger partial charge in [0.15, 0.2) is 0 Å². The smallest absolute Gasteiger partial charge is 0.0270 e. The molecule has 0 amide bonds. The number of pyridine rings is 1. The number of hydrogen-bond acceptors (Lipinski definition) is 2. The van der Waals surface area contributed by atoms with Gasteiger partial charge in [0.1, 0.15) is 0 Å². The lowest BCUT2D eigenvalue weighted by molar-refractivity contribution is 0.548. The molecule has 18 heavy (non-hydrogen) atoms. The van der Waals surface area contributed by atoms with Crippen molar-refractivity contribution >= 4 is 0 Å². The summed E-state index contributed by atoms with van der Waals surface area (Å²) in [4.78, 5) is 4.02. The van der Waals surface area contributed by atoms with Crippen LogP contribution in [0.15, 0.2) is 54.9 Å². The van der Waals surface area contributed by atoms with Gasteiger partial charge in [-0.25, -0.2) is 0 Å². The highest BCUT2D eigenvalue weighted by Gasteiger charge is 2.02. The van der Waals surface area contributed by atoms with Gasteiger partial charge in [0.05, 0.1) is 0 Å². The van der Waals surface area contributed by atoms with Crippen LogP contribution in [0.25, 0.3) is 0 Å². The summed E-state index contributed by atoms with van der Waals surface area (Å²) in [5.41, 5.74) is 2.73. The normalized spacial score (nSPS) is 12.3. The Morgan fingerprint density at radius 3 is 2.44 bits per heavy atom. The summed E-state index contributed by atoms with van der Waals surface area (Å²) < 4.78 is 0. The van der Waals surface area contributed by atoms with Crippen molar-refractivity contribution in [3.05, 3.63) is 66.0 Å². The molecule has 1 heterocycles. The number of nitrogens with one attached hydrogen (secondary N) is 1. The van der Waals surface area contributed by atoms with E-state index in [0.29, 0.717) is 6.04 Å². The van der Waals surface area contributed by atoms with Crippen LogP contribution < -0.4 is 5.32 Å². The molecule has 1 unspecified atom stereocenters. The van der Waals surface area contributed by atoms with Crippen LogP contribution in [0.4, 0.5) is 0 Å². The molecule has 2 nitrogen and oxygen atoms in total. The Bertz CT molecular complexity index is 439. The van der Waals surface area contributed by atoms with Crippen molar-refractivity contribution in [3.8, 4) is 0 Å². The highest BCUT2D eigenvalue weighted by molar-refractivity contribution is 5.15. The predicted molar refractivity (Wildman–Crippen MR) is 75.6 cm³/mol. The van der Waals surface area contributed by atoms with Gasteiger partial charge in [0.2, 0.25) is 0 Å². The molecule has 94 valence electrons. The van der Waals surface area contributed by atoms with E-state index in [9.17, 15) is 0 Å². The van der Waals surface area contributed by atoms with E-state index in [2.05, 4.69) is 59.7 Å². The summed E-state index contributed by atoms with van der Waals surface area (Å²) in [6, 6.07) is 15.3. The van der Waals surface area contributed by atoms with E-state index in [1.165, 1.54) is 11.1 Å². The first-order valence-corrected chi connectivity index (χ1v) is 6.51. The zero-order chi connectivity index (χ0) is 12.6. The Kier molecular flexibility index (Phi) is 4.91. The van der Waals surface area contributed by atoms with Crippen LogP contribution in [0.3, 0.4) is 0 Å². The van der Waals surface area contributed by atoms with Crippen molar-refractivity contribution in [1.29, 1.82) is 0 Å². The van der Waals surface area contributed by atoms with Crippen LogP contribution in [-0.2, 0) is 12.8 Å². The maximum atomic E-state index is 4.02. The molecule has 0 fully saturated rings. The third-order valence-corrected chi connectivity index (χ3v) is 3.04. The van der Waals surface area contributed by atoms with E-state index in [4.69, 9.17) is 0 Å². The fourth-order valence-electron chi connectivity index (χ4n) is 2.05. The lowest BCUT2D eigenvalue weighted by atomic mass is 10.1. The molecule has 0 radical (unpaired) electrons. The number of hydrogen-bond donors (Lipinski definition) is 1. The molecule has 1 N–H and O–H groups in total. The van der Waals surface area contributed by atoms with Crippen LogP contribution in [0.2, 0.25) is 0 Å². The first kappa shape index (κ1) is 12.8. The second-order valence-corrected chi connectivity index (χ2v) is 4.65. The van der Waals surface area contributed by atoms with E-state index >= 15 is 0 Å².